The first-order valence-electron chi connectivity index (χ1n) is 9.26. The Labute approximate surface area is 174 Å². The Morgan fingerprint density at radius 2 is 1.63 bits per heavy atom. The maximum absolute atomic E-state index is 11.8. The lowest BCUT2D eigenvalue weighted by molar-refractivity contribution is 0.0526. The summed E-state index contributed by atoms with van der Waals surface area (Å²) in [5.41, 5.74) is 2.67. The minimum Gasteiger partial charge on any atom is -0.493 e. The van der Waals surface area contributed by atoms with Crippen molar-refractivity contribution in [1.82, 2.24) is 9.97 Å². The summed E-state index contributed by atoms with van der Waals surface area (Å²) in [5, 5.41) is 3.20. The Bertz CT molecular complexity index is 997. The fourth-order valence-electron chi connectivity index (χ4n) is 2.86. The van der Waals surface area contributed by atoms with Gasteiger partial charge in [-0.25, -0.2) is 9.78 Å². The number of rotatable bonds is 8. The van der Waals surface area contributed by atoms with Crippen molar-refractivity contribution < 1.29 is 23.7 Å². The van der Waals surface area contributed by atoms with Gasteiger partial charge in [-0.1, -0.05) is 12.1 Å². The van der Waals surface area contributed by atoms with Gasteiger partial charge >= 0.3 is 5.97 Å². The summed E-state index contributed by atoms with van der Waals surface area (Å²) in [7, 11) is 4.67. The van der Waals surface area contributed by atoms with E-state index in [0.29, 0.717) is 46.6 Å². The zero-order valence-corrected chi connectivity index (χ0v) is 17.3. The molecule has 0 bridgehead atoms. The number of nitrogens with zero attached hydrogens (tertiary/aromatic N) is 2. The van der Waals surface area contributed by atoms with Crippen molar-refractivity contribution in [2.45, 2.75) is 6.92 Å². The molecule has 0 fully saturated rings. The maximum atomic E-state index is 11.8. The Kier molecular flexibility index (Phi) is 6.69. The smallest absolute Gasteiger partial charge is 0.338 e. The summed E-state index contributed by atoms with van der Waals surface area (Å²) < 4.78 is 21.1. The number of ether oxygens (including phenoxy) is 4. The van der Waals surface area contributed by atoms with E-state index in [1.54, 1.807) is 77.0 Å². The van der Waals surface area contributed by atoms with Crippen molar-refractivity contribution in [2.24, 2.45) is 0 Å². The molecule has 8 heteroatoms. The van der Waals surface area contributed by atoms with Crippen LogP contribution in [0.1, 0.15) is 17.3 Å². The molecule has 1 N–H and O–H groups in total. The second-order valence-electron chi connectivity index (χ2n) is 6.13. The molecule has 1 heterocycles. The number of hydrogen-bond acceptors (Lipinski definition) is 8. The van der Waals surface area contributed by atoms with E-state index in [4.69, 9.17) is 18.9 Å². The highest BCUT2D eigenvalue weighted by Gasteiger charge is 2.14. The number of methoxy groups -OCH3 is 3. The van der Waals surface area contributed by atoms with Gasteiger partial charge in [-0.05, 0) is 19.1 Å². The predicted molar refractivity (Wildman–Crippen MR) is 113 cm³/mol. The van der Waals surface area contributed by atoms with Crippen molar-refractivity contribution in [2.75, 3.05) is 33.3 Å². The van der Waals surface area contributed by atoms with Crippen molar-refractivity contribution in [3.8, 4) is 28.5 Å². The molecule has 0 spiro atoms. The molecule has 0 aliphatic carbocycles. The van der Waals surface area contributed by atoms with Crippen LogP contribution in [0, 0.1) is 0 Å². The molecule has 3 rings (SSSR count). The van der Waals surface area contributed by atoms with Crippen molar-refractivity contribution in [3.05, 3.63) is 54.4 Å². The van der Waals surface area contributed by atoms with E-state index in [1.807, 2.05) is 0 Å². The second kappa shape index (κ2) is 9.60. The van der Waals surface area contributed by atoms with Crippen LogP contribution in [-0.4, -0.2) is 43.9 Å². The van der Waals surface area contributed by atoms with Gasteiger partial charge in [0.1, 0.15) is 5.82 Å². The summed E-state index contributed by atoms with van der Waals surface area (Å²) in [6.45, 7) is 2.11. The summed E-state index contributed by atoms with van der Waals surface area (Å²) in [6, 6.07) is 10.6. The zero-order chi connectivity index (χ0) is 21.5. The average Bonchev–Trinajstić information content (AvgIpc) is 2.78. The largest absolute Gasteiger partial charge is 0.493 e. The molecule has 0 aliphatic heterocycles. The Hall–Kier alpha value is -3.81. The first-order chi connectivity index (χ1) is 14.6. The van der Waals surface area contributed by atoms with Crippen molar-refractivity contribution >= 4 is 17.5 Å². The van der Waals surface area contributed by atoms with E-state index < -0.39 is 0 Å². The highest BCUT2D eigenvalue weighted by atomic mass is 16.5. The monoisotopic (exact) mass is 409 g/mol. The van der Waals surface area contributed by atoms with Gasteiger partial charge in [-0.15, -0.1) is 0 Å². The van der Waals surface area contributed by atoms with Crippen LogP contribution in [0.2, 0.25) is 0 Å². The van der Waals surface area contributed by atoms with E-state index in [1.165, 1.54) is 0 Å². The normalized spacial score (nSPS) is 10.3. The lowest BCUT2D eigenvalue weighted by Crippen LogP contribution is -2.04. The van der Waals surface area contributed by atoms with Gasteiger partial charge in [-0.3, -0.25) is 4.98 Å². The molecule has 0 saturated heterocycles. The van der Waals surface area contributed by atoms with E-state index in [9.17, 15) is 4.79 Å². The highest BCUT2D eigenvalue weighted by molar-refractivity contribution is 5.90. The van der Waals surface area contributed by atoms with Crippen LogP contribution >= 0.6 is 0 Å². The number of esters is 1. The third-order valence-electron chi connectivity index (χ3n) is 4.26. The minimum atomic E-state index is -0.354. The van der Waals surface area contributed by atoms with Crippen LogP contribution in [0.25, 0.3) is 11.3 Å². The van der Waals surface area contributed by atoms with E-state index >= 15 is 0 Å². The predicted octanol–water partition coefficient (Wildman–Crippen LogP) is 4.09. The van der Waals surface area contributed by atoms with Crippen LogP contribution in [-0.2, 0) is 4.74 Å². The average molecular weight is 409 g/mol. The molecular weight excluding hydrogens is 386 g/mol. The quantitative estimate of drug-likeness (QED) is 0.556. The van der Waals surface area contributed by atoms with E-state index in [0.717, 1.165) is 5.56 Å². The standard InChI is InChI=1S/C22H23N3O5/c1-5-30-22(26)15-8-6-14(7-9-15)17-12-23-13-20(25-17)24-16-10-18(27-2)21(29-4)19(11-16)28-3/h6-13H,5H2,1-4H3,(H,24,25). The molecule has 0 aliphatic rings. The van der Waals surface area contributed by atoms with Gasteiger partial charge < -0.3 is 24.3 Å². The van der Waals surface area contributed by atoms with Crippen LogP contribution in [0.4, 0.5) is 11.5 Å². The third kappa shape index (κ3) is 4.60. The number of aromatic nitrogens is 2. The summed E-state index contributed by atoms with van der Waals surface area (Å²) >= 11 is 0. The Morgan fingerprint density at radius 3 is 2.20 bits per heavy atom. The number of benzene rings is 2. The molecule has 8 nitrogen and oxygen atoms in total. The molecule has 0 unspecified atom stereocenters. The minimum absolute atomic E-state index is 0.334. The van der Waals surface area contributed by atoms with Crippen molar-refractivity contribution in [3.63, 3.8) is 0 Å². The second-order valence-corrected chi connectivity index (χ2v) is 6.13. The Balaban J connectivity index is 1.85. The molecule has 1 aromatic heterocycles. The fraction of sp³-hybridized carbons (Fsp3) is 0.227. The van der Waals surface area contributed by atoms with Crippen LogP contribution in [0.15, 0.2) is 48.8 Å². The Morgan fingerprint density at radius 1 is 0.967 bits per heavy atom. The van der Waals surface area contributed by atoms with Crippen LogP contribution < -0.4 is 19.5 Å². The van der Waals surface area contributed by atoms with Gasteiger partial charge in [0.25, 0.3) is 0 Å². The molecule has 2 aromatic carbocycles. The summed E-state index contributed by atoms with van der Waals surface area (Å²) in [5.74, 6) is 1.74. The number of hydrogen-bond donors (Lipinski definition) is 1. The third-order valence-corrected chi connectivity index (χ3v) is 4.26. The highest BCUT2D eigenvalue weighted by Crippen LogP contribution is 2.40. The van der Waals surface area contributed by atoms with E-state index in [2.05, 4.69) is 15.3 Å². The molecule has 0 saturated carbocycles. The number of carbonyl (C=O) groups excluding carboxylic acids is 1. The first-order valence-corrected chi connectivity index (χ1v) is 9.26. The summed E-state index contributed by atoms with van der Waals surface area (Å²) in [4.78, 5) is 20.7. The maximum Gasteiger partial charge on any atom is 0.338 e. The van der Waals surface area contributed by atoms with Gasteiger partial charge in [0.2, 0.25) is 5.75 Å². The number of carbonyl (C=O) groups is 1. The molecule has 0 amide bonds. The van der Waals surface area contributed by atoms with Gasteiger partial charge in [0.15, 0.2) is 11.5 Å². The lowest BCUT2D eigenvalue weighted by atomic mass is 10.1. The van der Waals surface area contributed by atoms with Crippen molar-refractivity contribution in [1.29, 1.82) is 0 Å². The number of nitrogens with one attached hydrogen (secondary N) is 1. The van der Waals surface area contributed by atoms with E-state index in [-0.39, 0.29) is 5.97 Å². The van der Waals surface area contributed by atoms with Gasteiger partial charge in [0, 0.05) is 23.4 Å². The van der Waals surface area contributed by atoms with Crippen LogP contribution in [0.3, 0.4) is 0 Å². The molecule has 156 valence electrons. The summed E-state index contributed by atoms with van der Waals surface area (Å²) in [6.07, 6.45) is 3.26. The molecule has 3 aromatic rings. The van der Waals surface area contributed by atoms with Gasteiger partial charge in [0.05, 0.1) is 51.6 Å². The van der Waals surface area contributed by atoms with Gasteiger partial charge in [-0.2, -0.15) is 0 Å². The zero-order valence-electron chi connectivity index (χ0n) is 17.3. The fourth-order valence-corrected chi connectivity index (χ4v) is 2.86. The number of anilines is 2. The molecule has 0 radical (unpaired) electrons. The molecule has 0 atom stereocenters. The van der Waals surface area contributed by atoms with Crippen LogP contribution in [0.5, 0.6) is 17.2 Å². The molecule has 30 heavy (non-hydrogen) atoms. The topological polar surface area (TPSA) is 91.8 Å². The SMILES string of the molecule is CCOC(=O)c1ccc(-c2cncc(Nc3cc(OC)c(OC)c(OC)c3)n2)cc1. The lowest BCUT2D eigenvalue weighted by Gasteiger charge is -2.15. The molecular formula is C22H23N3O5. The first kappa shape index (κ1) is 20.9.